The molecule has 0 fully saturated rings. The lowest BCUT2D eigenvalue weighted by molar-refractivity contribution is 0.0950. The third kappa shape index (κ3) is 3.08. The van der Waals surface area contributed by atoms with Crippen molar-refractivity contribution in [1.29, 1.82) is 0 Å². The lowest BCUT2D eigenvalue weighted by atomic mass is 10.1. The van der Waals surface area contributed by atoms with Gasteiger partial charge in [0.2, 0.25) is 0 Å². The Kier molecular flexibility index (Phi) is 4.20. The highest BCUT2D eigenvalue weighted by atomic mass is 16.2. The number of hydrogen-bond donors (Lipinski definition) is 1. The molecule has 1 N–H and O–H groups in total. The minimum atomic E-state index is -0.467. The van der Waals surface area contributed by atoms with Gasteiger partial charge in [0.15, 0.2) is 5.69 Å². The second-order valence-corrected chi connectivity index (χ2v) is 5.44. The van der Waals surface area contributed by atoms with Crippen molar-refractivity contribution < 1.29 is 4.79 Å². The van der Waals surface area contributed by atoms with Crippen LogP contribution in [0.4, 0.5) is 0 Å². The van der Waals surface area contributed by atoms with E-state index in [-0.39, 0.29) is 11.3 Å². The number of carbonyl (C=O) groups is 1. The smallest absolute Gasteiger partial charge is 0.267 e. The zero-order valence-electron chi connectivity index (χ0n) is 13.4. The molecule has 120 valence electrons. The zero-order chi connectivity index (χ0) is 17.1. The highest BCUT2D eigenvalue weighted by Gasteiger charge is 2.14. The molecule has 0 spiro atoms. The molecule has 0 radical (unpaired) electrons. The highest BCUT2D eigenvalue weighted by Crippen LogP contribution is 2.12. The number of amides is 1. The summed E-state index contributed by atoms with van der Waals surface area (Å²) in [7, 11) is 1.52. The number of aromatic nitrogens is 2. The summed E-state index contributed by atoms with van der Waals surface area (Å²) in [5.74, 6) is -0.467. The van der Waals surface area contributed by atoms with E-state index in [2.05, 4.69) is 15.6 Å². The van der Waals surface area contributed by atoms with E-state index in [0.29, 0.717) is 10.8 Å². The van der Waals surface area contributed by atoms with Gasteiger partial charge in [-0.1, -0.05) is 48.0 Å². The molecule has 1 heterocycles. The van der Waals surface area contributed by atoms with Gasteiger partial charge in [0.25, 0.3) is 11.5 Å². The van der Waals surface area contributed by atoms with Crippen molar-refractivity contribution in [2.45, 2.75) is 6.92 Å². The molecule has 6 heteroatoms. The molecular weight excluding hydrogens is 304 g/mol. The summed E-state index contributed by atoms with van der Waals surface area (Å²) < 4.78 is 1.15. The van der Waals surface area contributed by atoms with Crippen LogP contribution in [0.3, 0.4) is 0 Å². The summed E-state index contributed by atoms with van der Waals surface area (Å²) in [5, 5.41) is 8.98. The SMILES string of the molecule is Cc1cccc(/C=N/NC(=O)c2nn(C)c(=O)c3ccccc23)c1. The first kappa shape index (κ1) is 15.6. The van der Waals surface area contributed by atoms with Crippen molar-refractivity contribution in [2.24, 2.45) is 12.1 Å². The quantitative estimate of drug-likeness (QED) is 0.592. The number of aryl methyl sites for hydroxylation is 2. The second-order valence-electron chi connectivity index (χ2n) is 5.44. The van der Waals surface area contributed by atoms with Gasteiger partial charge in [0.05, 0.1) is 11.6 Å². The van der Waals surface area contributed by atoms with E-state index >= 15 is 0 Å². The maximum absolute atomic E-state index is 12.4. The van der Waals surface area contributed by atoms with E-state index in [4.69, 9.17) is 0 Å². The van der Waals surface area contributed by atoms with Crippen LogP contribution in [0.2, 0.25) is 0 Å². The molecule has 3 rings (SSSR count). The number of hydrogen-bond acceptors (Lipinski definition) is 4. The van der Waals surface area contributed by atoms with Gasteiger partial charge >= 0.3 is 0 Å². The molecule has 2 aromatic carbocycles. The average molecular weight is 320 g/mol. The third-order valence-corrected chi connectivity index (χ3v) is 3.59. The number of fused-ring (bicyclic) bond motifs is 1. The number of nitrogens with zero attached hydrogens (tertiary/aromatic N) is 3. The predicted molar refractivity (Wildman–Crippen MR) is 93.2 cm³/mol. The molecule has 1 amide bonds. The molecule has 0 aliphatic carbocycles. The maximum Gasteiger partial charge on any atom is 0.292 e. The van der Waals surface area contributed by atoms with Crippen molar-refractivity contribution in [3.05, 3.63) is 75.7 Å². The minimum absolute atomic E-state index is 0.161. The monoisotopic (exact) mass is 320 g/mol. The van der Waals surface area contributed by atoms with Gasteiger partial charge in [-0.05, 0) is 18.6 Å². The van der Waals surface area contributed by atoms with Crippen LogP contribution in [0.25, 0.3) is 10.8 Å². The van der Waals surface area contributed by atoms with Gasteiger partial charge in [-0.3, -0.25) is 9.59 Å². The molecule has 1 aromatic heterocycles. The first-order valence-corrected chi connectivity index (χ1v) is 7.42. The fourth-order valence-corrected chi connectivity index (χ4v) is 2.44. The Morgan fingerprint density at radius 3 is 2.67 bits per heavy atom. The summed E-state index contributed by atoms with van der Waals surface area (Å²) in [6.07, 6.45) is 1.56. The minimum Gasteiger partial charge on any atom is -0.267 e. The van der Waals surface area contributed by atoms with E-state index in [1.807, 2.05) is 31.2 Å². The first-order valence-electron chi connectivity index (χ1n) is 7.42. The molecule has 0 aliphatic heterocycles. The molecule has 0 saturated carbocycles. The normalized spacial score (nSPS) is 11.1. The molecule has 0 unspecified atom stereocenters. The molecule has 24 heavy (non-hydrogen) atoms. The van der Waals surface area contributed by atoms with Gasteiger partial charge in [0, 0.05) is 12.4 Å². The van der Waals surface area contributed by atoms with Crippen LogP contribution in [0.15, 0.2) is 58.4 Å². The van der Waals surface area contributed by atoms with Crippen LogP contribution in [0, 0.1) is 6.92 Å². The summed E-state index contributed by atoms with van der Waals surface area (Å²) in [5.41, 5.74) is 4.36. The Hall–Kier alpha value is -3.28. The number of rotatable bonds is 3. The number of benzene rings is 2. The topological polar surface area (TPSA) is 76.3 Å². The van der Waals surface area contributed by atoms with E-state index in [9.17, 15) is 9.59 Å². The van der Waals surface area contributed by atoms with E-state index in [1.165, 1.54) is 7.05 Å². The standard InChI is InChI=1S/C18H16N4O2/c1-12-6-5-7-13(10-12)11-19-20-17(23)16-14-8-3-4-9-15(14)18(24)22(2)21-16/h3-11H,1-2H3,(H,20,23)/b19-11+. The Morgan fingerprint density at radius 1 is 1.17 bits per heavy atom. The Balaban J connectivity index is 1.89. The van der Waals surface area contributed by atoms with Crippen molar-refractivity contribution in [3.8, 4) is 0 Å². The van der Waals surface area contributed by atoms with Crippen LogP contribution in [-0.2, 0) is 7.05 Å². The summed E-state index contributed by atoms with van der Waals surface area (Å²) in [6.45, 7) is 1.98. The Labute approximate surface area is 138 Å². The zero-order valence-corrected chi connectivity index (χ0v) is 13.4. The van der Waals surface area contributed by atoms with Crippen molar-refractivity contribution in [3.63, 3.8) is 0 Å². The van der Waals surface area contributed by atoms with E-state index in [1.54, 1.807) is 30.5 Å². The lowest BCUT2D eigenvalue weighted by Crippen LogP contribution is -2.27. The van der Waals surface area contributed by atoms with Crippen LogP contribution < -0.4 is 11.0 Å². The lowest BCUT2D eigenvalue weighted by Gasteiger charge is -2.06. The molecule has 6 nitrogen and oxygen atoms in total. The average Bonchev–Trinajstić information content (AvgIpc) is 2.58. The van der Waals surface area contributed by atoms with Crippen LogP contribution >= 0.6 is 0 Å². The number of nitrogens with one attached hydrogen (secondary N) is 1. The van der Waals surface area contributed by atoms with E-state index < -0.39 is 5.91 Å². The summed E-state index contributed by atoms with van der Waals surface area (Å²) in [4.78, 5) is 24.4. The fourth-order valence-electron chi connectivity index (χ4n) is 2.44. The van der Waals surface area contributed by atoms with Crippen LogP contribution in [0.1, 0.15) is 21.6 Å². The van der Waals surface area contributed by atoms with E-state index in [0.717, 1.165) is 15.8 Å². The van der Waals surface area contributed by atoms with Gasteiger partial charge in [0.1, 0.15) is 0 Å². The maximum atomic E-state index is 12.4. The number of hydrazone groups is 1. The van der Waals surface area contributed by atoms with Crippen molar-refractivity contribution >= 4 is 22.9 Å². The molecule has 0 atom stereocenters. The van der Waals surface area contributed by atoms with Gasteiger partial charge < -0.3 is 0 Å². The van der Waals surface area contributed by atoms with Gasteiger partial charge in [-0.2, -0.15) is 10.2 Å². The van der Waals surface area contributed by atoms with Crippen LogP contribution in [0.5, 0.6) is 0 Å². The summed E-state index contributed by atoms with van der Waals surface area (Å²) >= 11 is 0. The largest absolute Gasteiger partial charge is 0.292 e. The highest BCUT2D eigenvalue weighted by molar-refractivity contribution is 6.04. The first-order chi connectivity index (χ1) is 11.6. The Morgan fingerprint density at radius 2 is 1.92 bits per heavy atom. The molecule has 0 aliphatic rings. The van der Waals surface area contributed by atoms with Gasteiger partial charge in [-0.15, -0.1) is 0 Å². The molecular formula is C18H16N4O2. The Bertz CT molecular complexity index is 1010. The van der Waals surface area contributed by atoms with Crippen molar-refractivity contribution in [2.75, 3.05) is 0 Å². The van der Waals surface area contributed by atoms with Crippen LogP contribution in [-0.4, -0.2) is 21.9 Å². The predicted octanol–water partition coefficient (Wildman–Crippen LogP) is 2.01. The molecule has 0 bridgehead atoms. The molecule has 0 saturated heterocycles. The van der Waals surface area contributed by atoms with Gasteiger partial charge in [-0.25, -0.2) is 10.1 Å². The number of carbonyl (C=O) groups excluding carboxylic acids is 1. The molecule has 3 aromatic rings. The van der Waals surface area contributed by atoms with Crippen molar-refractivity contribution in [1.82, 2.24) is 15.2 Å². The third-order valence-electron chi connectivity index (χ3n) is 3.59. The fraction of sp³-hybridized carbons (Fsp3) is 0.111. The second kappa shape index (κ2) is 6.45. The summed E-state index contributed by atoms with van der Waals surface area (Å²) in [6, 6.07) is 14.6.